The van der Waals surface area contributed by atoms with E-state index in [2.05, 4.69) is 28.8 Å². The Balaban J connectivity index is 1.33. The third-order valence-electron chi connectivity index (χ3n) is 6.29. The molecule has 152 valence electrons. The topological polar surface area (TPSA) is 61.4 Å². The molecule has 0 aromatic heterocycles. The van der Waals surface area contributed by atoms with Crippen LogP contribution >= 0.6 is 11.8 Å². The van der Waals surface area contributed by atoms with Crippen molar-refractivity contribution in [1.82, 2.24) is 15.5 Å². The van der Waals surface area contributed by atoms with Crippen LogP contribution in [0.4, 0.5) is 4.79 Å². The van der Waals surface area contributed by atoms with Crippen LogP contribution in [0.15, 0.2) is 29.2 Å². The molecule has 2 heterocycles. The average Bonchev–Trinajstić information content (AvgIpc) is 2.75. The number of nitrogens with one attached hydrogen (secondary N) is 2. The van der Waals surface area contributed by atoms with E-state index in [1.54, 1.807) is 0 Å². The summed E-state index contributed by atoms with van der Waals surface area (Å²) < 4.78 is 0. The molecule has 4 rings (SSSR count). The highest BCUT2D eigenvalue weighted by Gasteiger charge is 2.31. The molecule has 1 aromatic carbocycles. The minimum absolute atomic E-state index is 0.0260. The molecule has 0 bridgehead atoms. The summed E-state index contributed by atoms with van der Waals surface area (Å²) in [4.78, 5) is 28.7. The number of urea groups is 1. The Morgan fingerprint density at radius 2 is 1.79 bits per heavy atom. The fraction of sp³-hybridized carbons (Fsp3) is 0.636. The van der Waals surface area contributed by atoms with Gasteiger partial charge in [0.05, 0.1) is 12.0 Å². The minimum Gasteiger partial charge on any atom is -0.353 e. The molecule has 0 radical (unpaired) electrons. The van der Waals surface area contributed by atoms with Gasteiger partial charge in [-0.1, -0.05) is 37.5 Å². The van der Waals surface area contributed by atoms with E-state index in [-0.39, 0.29) is 23.9 Å². The lowest BCUT2D eigenvalue weighted by Crippen LogP contribution is -2.51. The summed E-state index contributed by atoms with van der Waals surface area (Å²) in [5.74, 6) is 1.09. The standard InChI is InChI=1S/C22H31N3O2S/c26-21(23-17-8-2-1-3-9-17)16-7-6-13-25(15-16)22(27)24-19-12-14-28-20-11-5-4-10-18(19)20/h4-5,10-11,16-17,19H,1-3,6-9,12-15H2,(H,23,26)(H,24,27)/t16-,19+/m1/s1. The van der Waals surface area contributed by atoms with Crippen LogP contribution in [0.5, 0.6) is 0 Å². The van der Waals surface area contributed by atoms with E-state index in [4.69, 9.17) is 0 Å². The van der Waals surface area contributed by atoms with Crippen LogP contribution in [-0.2, 0) is 4.79 Å². The third kappa shape index (κ3) is 4.65. The predicted octanol–water partition coefficient (Wildman–Crippen LogP) is 4.09. The maximum atomic E-state index is 12.9. The summed E-state index contributed by atoms with van der Waals surface area (Å²) in [6.07, 6.45) is 8.64. The highest BCUT2D eigenvalue weighted by atomic mass is 32.2. The second-order valence-electron chi connectivity index (χ2n) is 8.31. The second kappa shape index (κ2) is 9.21. The third-order valence-corrected chi connectivity index (χ3v) is 7.41. The van der Waals surface area contributed by atoms with Crippen molar-refractivity contribution in [3.63, 3.8) is 0 Å². The number of rotatable bonds is 3. The van der Waals surface area contributed by atoms with Gasteiger partial charge in [0.15, 0.2) is 0 Å². The van der Waals surface area contributed by atoms with Gasteiger partial charge in [0.1, 0.15) is 0 Å². The van der Waals surface area contributed by atoms with Crippen molar-refractivity contribution in [2.75, 3.05) is 18.8 Å². The molecular formula is C22H31N3O2S. The van der Waals surface area contributed by atoms with E-state index in [1.807, 2.05) is 22.7 Å². The number of fused-ring (bicyclic) bond motifs is 1. The van der Waals surface area contributed by atoms with Crippen molar-refractivity contribution < 1.29 is 9.59 Å². The molecule has 2 fully saturated rings. The average molecular weight is 402 g/mol. The highest BCUT2D eigenvalue weighted by Crippen LogP contribution is 2.36. The van der Waals surface area contributed by atoms with E-state index in [0.29, 0.717) is 12.6 Å². The zero-order valence-corrected chi connectivity index (χ0v) is 17.3. The number of piperidine rings is 1. The quantitative estimate of drug-likeness (QED) is 0.802. The van der Waals surface area contributed by atoms with Crippen molar-refractivity contribution in [1.29, 1.82) is 0 Å². The maximum absolute atomic E-state index is 12.9. The number of likely N-dealkylation sites (tertiary alicyclic amines) is 1. The number of benzene rings is 1. The summed E-state index contributed by atoms with van der Waals surface area (Å²) in [7, 11) is 0. The summed E-state index contributed by atoms with van der Waals surface area (Å²) in [6, 6.07) is 8.71. The molecule has 2 aliphatic heterocycles. The second-order valence-corrected chi connectivity index (χ2v) is 9.44. The first-order valence-electron chi connectivity index (χ1n) is 10.8. The van der Waals surface area contributed by atoms with Gasteiger partial charge in [-0.3, -0.25) is 4.79 Å². The first-order chi connectivity index (χ1) is 13.7. The maximum Gasteiger partial charge on any atom is 0.317 e. The molecular weight excluding hydrogens is 370 g/mol. The van der Waals surface area contributed by atoms with Crippen LogP contribution in [0.2, 0.25) is 0 Å². The van der Waals surface area contributed by atoms with Crippen LogP contribution in [0.3, 0.4) is 0 Å². The molecule has 2 atom stereocenters. The largest absolute Gasteiger partial charge is 0.353 e. The van der Waals surface area contributed by atoms with E-state index in [9.17, 15) is 9.59 Å². The fourth-order valence-electron chi connectivity index (χ4n) is 4.67. The zero-order valence-electron chi connectivity index (χ0n) is 16.5. The van der Waals surface area contributed by atoms with Crippen molar-refractivity contribution >= 4 is 23.7 Å². The van der Waals surface area contributed by atoms with E-state index < -0.39 is 0 Å². The van der Waals surface area contributed by atoms with E-state index in [1.165, 1.54) is 29.7 Å². The summed E-state index contributed by atoms with van der Waals surface area (Å²) in [6.45, 7) is 1.27. The number of nitrogens with zero attached hydrogens (tertiary/aromatic N) is 1. The van der Waals surface area contributed by atoms with Gasteiger partial charge >= 0.3 is 6.03 Å². The van der Waals surface area contributed by atoms with Crippen LogP contribution < -0.4 is 10.6 Å². The lowest BCUT2D eigenvalue weighted by Gasteiger charge is -2.35. The Morgan fingerprint density at radius 1 is 0.964 bits per heavy atom. The normalized spacial score (nSPS) is 25.6. The van der Waals surface area contributed by atoms with Crippen LogP contribution in [0.25, 0.3) is 0 Å². The summed E-state index contributed by atoms with van der Waals surface area (Å²) in [5, 5.41) is 6.47. The lowest BCUT2D eigenvalue weighted by molar-refractivity contribution is -0.127. The fourth-order valence-corrected chi connectivity index (χ4v) is 5.80. The van der Waals surface area contributed by atoms with E-state index in [0.717, 1.165) is 44.4 Å². The Labute approximate surface area is 172 Å². The van der Waals surface area contributed by atoms with Gasteiger partial charge in [-0.15, -0.1) is 11.8 Å². The lowest BCUT2D eigenvalue weighted by atomic mass is 9.93. The van der Waals surface area contributed by atoms with Gasteiger partial charge in [-0.25, -0.2) is 4.79 Å². The van der Waals surface area contributed by atoms with Crippen molar-refractivity contribution in [3.05, 3.63) is 29.8 Å². The molecule has 5 nitrogen and oxygen atoms in total. The van der Waals surface area contributed by atoms with Crippen LogP contribution in [0.1, 0.15) is 63.0 Å². The predicted molar refractivity (Wildman–Crippen MR) is 112 cm³/mol. The number of carbonyl (C=O) groups excluding carboxylic acids is 2. The Hall–Kier alpha value is -1.69. The Bertz CT molecular complexity index is 705. The summed E-state index contributed by atoms with van der Waals surface area (Å²) >= 11 is 1.86. The molecule has 2 N–H and O–H groups in total. The molecule has 1 aromatic rings. The number of hydrogen-bond donors (Lipinski definition) is 2. The monoisotopic (exact) mass is 401 g/mol. The SMILES string of the molecule is O=C(NC1CCCCC1)[C@@H]1CCCN(C(=O)N[C@H]2CCSc3ccccc32)C1. The minimum atomic E-state index is -0.0735. The highest BCUT2D eigenvalue weighted by molar-refractivity contribution is 7.99. The molecule has 1 saturated heterocycles. The van der Waals surface area contributed by atoms with Crippen molar-refractivity contribution in [2.24, 2.45) is 5.92 Å². The molecule has 3 aliphatic rings. The Morgan fingerprint density at radius 3 is 2.64 bits per heavy atom. The smallest absolute Gasteiger partial charge is 0.317 e. The molecule has 1 aliphatic carbocycles. The van der Waals surface area contributed by atoms with Crippen LogP contribution in [0, 0.1) is 5.92 Å². The number of carbonyl (C=O) groups is 2. The summed E-state index contributed by atoms with van der Waals surface area (Å²) in [5.41, 5.74) is 1.22. The van der Waals surface area contributed by atoms with Gasteiger partial charge in [-0.2, -0.15) is 0 Å². The van der Waals surface area contributed by atoms with Gasteiger partial charge in [0.2, 0.25) is 5.91 Å². The number of thioether (sulfide) groups is 1. The van der Waals surface area contributed by atoms with E-state index >= 15 is 0 Å². The van der Waals surface area contributed by atoms with Gasteiger partial charge < -0.3 is 15.5 Å². The van der Waals surface area contributed by atoms with Crippen molar-refractivity contribution in [2.45, 2.75) is 68.3 Å². The van der Waals surface area contributed by atoms with Crippen molar-refractivity contribution in [3.8, 4) is 0 Å². The molecule has 1 saturated carbocycles. The molecule has 0 spiro atoms. The number of amides is 3. The first-order valence-corrected chi connectivity index (χ1v) is 11.8. The number of hydrogen-bond acceptors (Lipinski definition) is 3. The molecule has 6 heteroatoms. The van der Waals surface area contributed by atoms with Gasteiger partial charge in [-0.05, 0) is 43.7 Å². The van der Waals surface area contributed by atoms with Gasteiger partial charge in [0.25, 0.3) is 0 Å². The Kier molecular flexibility index (Phi) is 6.45. The van der Waals surface area contributed by atoms with Gasteiger partial charge in [0, 0.05) is 29.8 Å². The first kappa shape index (κ1) is 19.6. The zero-order chi connectivity index (χ0) is 19.3. The molecule has 0 unspecified atom stereocenters. The molecule has 3 amide bonds. The molecule has 28 heavy (non-hydrogen) atoms. The van der Waals surface area contributed by atoms with Crippen LogP contribution in [-0.4, -0.2) is 41.7 Å².